The molecule has 152 valence electrons. The van der Waals surface area contributed by atoms with Crippen LogP contribution in [-0.4, -0.2) is 52.7 Å². The van der Waals surface area contributed by atoms with Crippen LogP contribution in [0, 0.1) is 0 Å². The molecule has 0 saturated heterocycles. The van der Waals surface area contributed by atoms with Gasteiger partial charge in [-0.25, -0.2) is 4.68 Å². The highest BCUT2D eigenvalue weighted by atomic mass is 35.5. The zero-order chi connectivity index (χ0) is 20.7. The molecule has 0 bridgehead atoms. The summed E-state index contributed by atoms with van der Waals surface area (Å²) in [6, 6.07) is 8.23. The molecule has 1 aromatic carbocycles. The lowest BCUT2D eigenvalue weighted by Crippen LogP contribution is -2.35. The van der Waals surface area contributed by atoms with Gasteiger partial charge in [-0.1, -0.05) is 36.2 Å². The second-order valence-corrected chi connectivity index (χ2v) is 7.73. The van der Waals surface area contributed by atoms with Gasteiger partial charge in [0.05, 0.1) is 10.0 Å². The van der Waals surface area contributed by atoms with Gasteiger partial charge in [0.1, 0.15) is 5.69 Å². The minimum atomic E-state index is -0.213. The average molecular weight is 425 g/mol. The minimum absolute atomic E-state index is 0.206. The van der Waals surface area contributed by atoms with Gasteiger partial charge in [0.2, 0.25) is 0 Å². The van der Waals surface area contributed by atoms with Crippen LogP contribution in [0.5, 0.6) is 0 Å². The summed E-state index contributed by atoms with van der Waals surface area (Å²) in [7, 11) is 3.99. The quantitative estimate of drug-likeness (QED) is 0.617. The molecule has 1 amide bonds. The number of amides is 1. The van der Waals surface area contributed by atoms with Gasteiger partial charge in [-0.15, -0.1) is 0 Å². The van der Waals surface area contributed by atoms with E-state index in [0.29, 0.717) is 29.7 Å². The monoisotopic (exact) mass is 424 g/mol. The maximum Gasteiger partial charge on any atom is 0.274 e. The summed E-state index contributed by atoms with van der Waals surface area (Å²) >= 11 is 12.1. The van der Waals surface area contributed by atoms with E-state index < -0.39 is 0 Å². The van der Waals surface area contributed by atoms with Crippen LogP contribution in [0.15, 0.2) is 35.1 Å². The summed E-state index contributed by atoms with van der Waals surface area (Å²) < 4.78 is 1.34. The number of hydrogen-bond donors (Lipinski definition) is 0. The second kappa shape index (κ2) is 10.6. The van der Waals surface area contributed by atoms with Gasteiger partial charge >= 0.3 is 0 Å². The maximum atomic E-state index is 13.1. The van der Waals surface area contributed by atoms with Crippen LogP contribution in [0.25, 0.3) is 0 Å². The maximum absolute atomic E-state index is 13.1. The van der Waals surface area contributed by atoms with Crippen LogP contribution in [0.1, 0.15) is 35.8 Å². The normalized spacial score (nSPS) is 11.1. The van der Waals surface area contributed by atoms with Crippen molar-refractivity contribution in [2.24, 2.45) is 0 Å². The van der Waals surface area contributed by atoms with Crippen molar-refractivity contribution in [3.05, 3.63) is 62.0 Å². The molecule has 28 heavy (non-hydrogen) atoms. The number of rotatable bonds is 9. The summed E-state index contributed by atoms with van der Waals surface area (Å²) in [5, 5.41) is 5.18. The molecule has 0 atom stereocenters. The van der Waals surface area contributed by atoms with Crippen LogP contribution < -0.4 is 5.56 Å². The molecule has 2 aromatic rings. The topological polar surface area (TPSA) is 58.4 Å². The standard InChI is InChI=1S/C20H26Cl2N4O2/c1-4-10-26-19(27)9-8-18(23-26)20(28)25(12-5-11-24(2)3)14-15-6-7-16(21)17(22)13-15/h6-9,13H,4-5,10-12,14H2,1-3H3. The Kier molecular flexibility index (Phi) is 8.48. The van der Waals surface area contributed by atoms with Gasteiger partial charge in [-0.05, 0) is 57.2 Å². The number of aryl methyl sites for hydroxylation is 1. The third-order valence-corrected chi connectivity index (χ3v) is 4.94. The minimum Gasteiger partial charge on any atom is -0.333 e. The van der Waals surface area contributed by atoms with Crippen molar-refractivity contribution in [1.29, 1.82) is 0 Å². The Hall–Kier alpha value is -1.89. The molecule has 0 N–H and O–H groups in total. The Labute approximate surface area is 175 Å². The Morgan fingerprint density at radius 2 is 1.86 bits per heavy atom. The molecule has 0 aliphatic heterocycles. The van der Waals surface area contributed by atoms with Crippen molar-refractivity contribution in [2.75, 3.05) is 27.2 Å². The van der Waals surface area contributed by atoms with E-state index in [2.05, 4.69) is 10.00 Å². The summed E-state index contributed by atoms with van der Waals surface area (Å²) in [6.45, 7) is 4.24. The number of carbonyl (C=O) groups excluding carboxylic acids is 1. The molecule has 0 saturated carbocycles. The summed E-state index contributed by atoms with van der Waals surface area (Å²) in [6.07, 6.45) is 1.58. The van der Waals surface area contributed by atoms with Gasteiger partial charge in [0, 0.05) is 25.7 Å². The molecule has 0 aliphatic carbocycles. The lowest BCUT2D eigenvalue weighted by Gasteiger charge is -2.24. The predicted molar refractivity (Wildman–Crippen MR) is 113 cm³/mol. The summed E-state index contributed by atoms with van der Waals surface area (Å²) in [5.74, 6) is -0.213. The van der Waals surface area contributed by atoms with E-state index >= 15 is 0 Å². The highest BCUT2D eigenvalue weighted by Crippen LogP contribution is 2.23. The van der Waals surface area contributed by atoms with Crippen LogP contribution in [0.2, 0.25) is 10.0 Å². The molecular formula is C20H26Cl2N4O2. The lowest BCUT2D eigenvalue weighted by molar-refractivity contribution is 0.0728. The lowest BCUT2D eigenvalue weighted by atomic mass is 10.2. The predicted octanol–water partition coefficient (Wildman–Crippen LogP) is 3.55. The first kappa shape index (κ1) is 22.4. The molecule has 0 aliphatic rings. The van der Waals surface area contributed by atoms with Crippen molar-refractivity contribution < 1.29 is 4.79 Å². The summed E-state index contributed by atoms with van der Waals surface area (Å²) in [5.41, 5.74) is 0.939. The second-order valence-electron chi connectivity index (χ2n) is 6.91. The van der Waals surface area contributed by atoms with Crippen molar-refractivity contribution in [1.82, 2.24) is 19.6 Å². The number of hydrogen-bond acceptors (Lipinski definition) is 4. The third kappa shape index (κ3) is 6.33. The smallest absolute Gasteiger partial charge is 0.274 e. The summed E-state index contributed by atoms with van der Waals surface area (Å²) in [4.78, 5) is 28.8. The van der Waals surface area contributed by atoms with E-state index in [-0.39, 0.29) is 17.2 Å². The van der Waals surface area contributed by atoms with Crippen LogP contribution in [0.3, 0.4) is 0 Å². The largest absolute Gasteiger partial charge is 0.333 e. The highest BCUT2D eigenvalue weighted by molar-refractivity contribution is 6.42. The van der Waals surface area contributed by atoms with Gasteiger partial charge in [-0.2, -0.15) is 5.10 Å². The number of halogens is 2. The first-order chi connectivity index (χ1) is 13.3. The molecule has 0 spiro atoms. The van der Waals surface area contributed by atoms with Gasteiger partial charge in [0.15, 0.2) is 0 Å². The molecule has 1 heterocycles. The van der Waals surface area contributed by atoms with E-state index in [9.17, 15) is 9.59 Å². The van der Waals surface area contributed by atoms with Gasteiger partial charge < -0.3 is 9.80 Å². The molecule has 6 nitrogen and oxygen atoms in total. The Bertz CT molecular complexity index is 868. The van der Waals surface area contributed by atoms with E-state index in [4.69, 9.17) is 23.2 Å². The number of aromatic nitrogens is 2. The van der Waals surface area contributed by atoms with Crippen molar-refractivity contribution >= 4 is 29.1 Å². The number of benzene rings is 1. The number of carbonyl (C=O) groups is 1. The first-order valence-electron chi connectivity index (χ1n) is 9.28. The Morgan fingerprint density at radius 1 is 1.11 bits per heavy atom. The van der Waals surface area contributed by atoms with E-state index in [1.807, 2.05) is 27.1 Å². The SMILES string of the molecule is CCCn1nc(C(=O)N(CCCN(C)C)Cc2ccc(Cl)c(Cl)c2)ccc1=O. The Morgan fingerprint density at radius 3 is 2.50 bits per heavy atom. The van der Waals surface area contributed by atoms with Crippen molar-refractivity contribution in [3.8, 4) is 0 Å². The van der Waals surface area contributed by atoms with E-state index in [1.54, 1.807) is 17.0 Å². The Balaban J connectivity index is 2.26. The molecule has 0 radical (unpaired) electrons. The molecule has 0 unspecified atom stereocenters. The van der Waals surface area contributed by atoms with Crippen molar-refractivity contribution in [2.45, 2.75) is 32.9 Å². The van der Waals surface area contributed by atoms with Gasteiger partial charge in [-0.3, -0.25) is 9.59 Å². The zero-order valence-electron chi connectivity index (χ0n) is 16.5. The third-order valence-electron chi connectivity index (χ3n) is 4.20. The fraction of sp³-hybridized carbons (Fsp3) is 0.450. The van der Waals surface area contributed by atoms with E-state index in [1.165, 1.54) is 16.8 Å². The number of nitrogens with zero attached hydrogens (tertiary/aromatic N) is 4. The molecule has 0 fully saturated rings. The van der Waals surface area contributed by atoms with Crippen LogP contribution in [0.4, 0.5) is 0 Å². The van der Waals surface area contributed by atoms with Crippen LogP contribution in [-0.2, 0) is 13.1 Å². The first-order valence-corrected chi connectivity index (χ1v) is 10.0. The molecule has 8 heteroatoms. The van der Waals surface area contributed by atoms with Crippen LogP contribution >= 0.6 is 23.2 Å². The average Bonchev–Trinajstić information content (AvgIpc) is 2.65. The van der Waals surface area contributed by atoms with Gasteiger partial charge in [0.25, 0.3) is 11.5 Å². The van der Waals surface area contributed by atoms with Crippen molar-refractivity contribution in [3.63, 3.8) is 0 Å². The zero-order valence-corrected chi connectivity index (χ0v) is 18.0. The molecule has 1 aromatic heterocycles. The fourth-order valence-electron chi connectivity index (χ4n) is 2.79. The molecular weight excluding hydrogens is 399 g/mol. The fourth-order valence-corrected chi connectivity index (χ4v) is 3.11. The highest BCUT2D eigenvalue weighted by Gasteiger charge is 2.19. The van der Waals surface area contributed by atoms with E-state index in [0.717, 1.165) is 24.9 Å². The molecule has 2 rings (SSSR count).